The third-order valence-electron chi connectivity index (χ3n) is 17.3. The zero-order valence-corrected chi connectivity index (χ0v) is 50.8. The second-order valence-corrected chi connectivity index (χ2v) is 25.5. The summed E-state index contributed by atoms with van der Waals surface area (Å²) < 4.78 is 17.9. The van der Waals surface area contributed by atoms with Crippen LogP contribution in [-0.2, 0) is 14.2 Å². The van der Waals surface area contributed by atoms with Crippen molar-refractivity contribution in [3.8, 4) is 0 Å². The lowest BCUT2D eigenvalue weighted by molar-refractivity contribution is -0.196. The zero-order chi connectivity index (χ0) is 64.4. The van der Waals surface area contributed by atoms with Crippen molar-refractivity contribution in [3.63, 3.8) is 0 Å². The SMILES string of the molecule is C=CC[C@@H](C)CCCC/C=C/[C@H](O)CCCCCC[C@@H]1C[C@@H](O)C[C@@H](C[C@@H](O)C[C@@H](O)C[C@@H](O)[C@@H](O)[C@@H](O)[C@@H](O)[C@@H](O)[C@@H](O)[C@@H](O)[C@@H](O)[C@@H](O)[C@@H](O)[C@@H](O)C[C@@H](O)C[C@@H](O)C[C@@H]2C[C@@H](O)C[C@@H](C[C@@H](O)CC(=C)C[C@@H](O)[C@@H]3C[C@@H](O)[C@H](CC)O3)O2)O1. The first-order chi connectivity index (χ1) is 40.5. The molecule has 3 fully saturated rings. The molecule has 0 aromatic carbocycles. The molecule has 0 aromatic heterocycles. The summed E-state index contributed by atoms with van der Waals surface area (Å²) in [7, 11) is 0. The van der Waals surface area contributed by atoms with Gasteiger partial charge in [0, 0.05) is 19.3 Å². The monoisotopic (exact) mass is 1240 g/mol. The molecule has 0 bridgehead atoms. The molecule has 0 amide bonds. The van der Waals surface area contributed by atoms with Crippen molar-refractivity contribution in [2.45, 2.75) is 346 Å². The van der Waals surface area contributed by atoms with Gasteiger partial charge in [0.2, 0.25) is 0 Å². The highest BCUT2D eigenvalue weighted by molar-refractivity contribution is 5.02. The van der Waals surface area contributed by atoms with Crippen LogP contribution < -0.4 is 0 Å². The molecule has 0 spiro atoms. The smallest absolute Gasteiger partial charge is 0.111 e. The Kier molecular flexibility index (Phi) is 37.4. The van der Waals surface area contributed by atoms with Gasteiger partial charge >= 0.3 is 0 Å². The lowest BCUT2D eigenvalue weighted by Crippen LogP contribution is -2.59. The maximum atomic E-state index is 10.8. The Morgan fingerprint density at radius 2 is 0.930 bits per heavy atom. The van der Waals surface area contributed by atoms with E-state index in [1.165, 1.54) is 6.42 Å². The molecular weight excluding hydrogens is 1130 g/mol. The van der Waals surface area contributed by atoms with E-state index >= 15 is 0 Å². The average Bonchev–Trinajstić information content (AvgIpc) is 3.97. The molecule has 0 radical (unpaired) electrons. The van der Waals surface area contributed by atoms with Crippen LogP contribution in [0.5, 0.6) is 0 Å². The molecule has 3 aliphatic rings. The molecule has 0 aliphatic carbocycles. The highest BCUT2D eigenvalue weighted by Crippen LogP contribution is 2.32. The Balaban J connectivity index is 1.35. The second-order valence-electron chi connectivity index (χ2n) is 25.5. The predicted molar refractivity (Wildman–Crippen MR) is 315 cm³/mol. The fourth-order valence-corrected chi connectivity index (χ4v) is 12.3. The molecular formula is C62H114O24. The number of allylic oxidation sites excluding steroid dienone is 2. The molecule has 0 saturated carbocycles. The van der Waals surface area contributed by atoms with Crippen molar-refractivity contribution in [3.05, 3.63) is 37.0 Å². The summed E-state index contributed by atoms with van der Waals surface area (Å²) in [5.74, 6) is 0.642. The number of rotatable bonds is 45. The van der Waals surface area contributed by atoms with Gasteiger partial charge in [-0.2, -0.15) is 0 Å². The molecule has 21 N–H and O–H groups in total. The number of hydrogen-bond donors (Lipinski definition) is 21. The minimum atomic E-state index is -2.62. The van der Waals surface area contributed by atoms with Crippen molar-refractivity contribution in [1.29, 1.82) is 0 Å². The van der Waals surface area contributed by atoms with Crippen molar-refractivity contribution >= 4 is 0 Å². The third-order valence-corrected chi connectivity index (χ3v) is 17.3. The van der Waals surface area contributed by atoms with Crippen molar-refractivity contribution < 1.29 is 121 Å². The van der Waals surface area contributed by atoms with Crippen LogP contribution in [0.15, 0.2) is 37.0 Å². The van der Waals surface area contributed by atoms with Crippen LogP contribution in [0.2, 0.25) is 0 Å². The van der Waals surface area contributed by atoms with Crippen molar-refractivity contribution in [1.82, 2.24) is 0 Å². The lowest BCUT2D eigenvalue weighted by Gasteiger charge is -2.36. The third kappa shape index (κ3) is 28.8. The van der Waals surface area contributed by atoms with Crippen LogP contribution in [0.1, 0.15) is 181 Å². The van der Waals surface area contributed by atoms with Gasteiger partial charge in [0.05, 0.1) is 110 Å². The first kappa shape index (κ1) is 78.5. The van der Waals surface area contributed by atoms with E-state index in [2.05, 4.69) is 26.2 Å². The first-order valence-corrected chi connectivity index (χ1v) is 31.7. The molecule has 3 saturated heterocycles. The molecule has 0 unspecified atom stereocenters. The Morgan fingerprint density at radius 1 is 0.488 bits per heavy atom. The van der Waals surface area contributed by atoms with Crippen LogP contribution >= 0.6 is 0 Å². The van der Waals surface area contributed by atoms with E-state index in [4.69, 9.17) is 14.2 Å². The van der Waals surface area contributed by atoms with Gasteiger partial charge < -0.3 is 121 Å². The summed E-state index contributed by atoms with van der Waals surface area (Å²) in [6.45, 7) is 11.8. The number of ether oxygens (including phenoxy) is 3. The minimum Gasteiger partial charge on any atom is -0.393 e. The summed E-state index contributed by atoms with van der Waals surface area (Å²) in [6.07, 6.45) is -23.5. The molecule has 3 rings (SSSR count). The molecule has 0 aromatic rings. The maximum Gasteiger partial charge on any atom is 0.111 e. The maximum absolute atomic E-state index is 10.8. The normalized spacial score (nSPS) is 29.9. The van der Waals surface area contributed by atoms with Crippen LogP contribution in [0.4, 0.5) is 0 Å². The quantitative estimate of drug-likeness (QED) is 0.0256. The number of unbranched alkanes of at least 4 members (excludes halogenated alkanes) is 5. The van der Waals surface area contributed by atoms with Crippen LogP contribution in [-0.4, -0.2) is 272 Å². The standard InChI is InChI=1S/C62H114O24/c1-5-15-34(3)16-11-7-8-12-17-36(63)18-13-9-10-14-19-44-24-42(69)28-45(84-44)26-38(65)22-40(67)31-50(73)54(75)56(77)58(79)60(81)62(83)61(82)59(80)57(78)55(76)51(74)32-41(68)23-39(66)27-47-30-43(70)29-46(85-47)25-37(64)20-35(4)21-48(71)53-33-49(72)52(6-2)86-53/h5,12,17,34,36-83H,1,4,6-11,13-16,18-33H2,2-3H3/b17-12+/t34-,36+,37+,38+,39-,40-,41+,42-,43+,44-,45-,46-,47-,48-,49-,50-,51+,52+,53+,54-,55+,56-,57+,58-,59+,60-,61+,62-/m1/s1. The van der Waals surface area contributed by atoms with Gasteiger partial charge in [-0.25, -0.2) is 0 Å². The number of aliphatic hydroxyl groups excluding tert-OH is 21. The molecule has 506 valence electrons. The van der Waals surface area contributed by atoms with Crippen molar-refractivity contribution in [2.24, 2.45) is 5.92 Å². The van der Waals surface area contributed by atoms with Gasteiger partial charge in [-0.15, -0.1) is 6.58 Å². The van der Waals surface area contributed by atoms with E-state index in [1.807, 2.05) is 19.1 Å². The fourth-order valence-electron chi connectivity index (χ4n) is 12.3. The Hall–Kier alpha value is -1.74. The lowest BCUT2D eigenvalue weighted by atomic mass is 9.88. The summed E-state index contributed by atoms with van der Waals surface area (Å²) >= 11 is 0. The minimum absolute atomic E-state index is 0.0268. The average molecular weight is 1240 g/mol. The molecule has 86 heavy (non-hydrogen) atoms. The summed E-state index contributed by atoms with van der Waals surface area (Å²) in [5, 5.41) is 223. The highest BCUT2D eigenvalue weighted by Gasteiger charge is 2.45. The number of hydrogen-bond acceptors (Lipinski definition) is 24. The fraction of sp³-hybridized carbons (Fsp3) is 0.903. The molecule has 28 atom stereocenters. The highest BCUT2D eigenvalue weighted by atomic mass is 16.5. The van der Waals surface area contributed by atoms with Crippen LogP contribution in [0, 0.1) is 5.92 Å². The van der Waals surface area contributed by atoms with E-state index in [1.54, 1.807) is 0 Å². The molecule has 24 nitrogen and oxygen atoms in total. The Bertz CT molecular complexity index is 1840. The first-order valence-electron chi connectivity index (χ1n) is 31.7. The van der Waals surface area contributed by atoms with Gasteiger partial charge in [0.15, 0.2) is 0 Å². The van der Waals surface area contributed by atoms with E-state index in [-0.39, 0.29) is 76.4 Å². The van der Waals surface area contributed by atoms with Gasteiger partial charge in [0.25, 0.3) is 0 Å². The zero-order valence-electron chi connectivity index (χ0n) is 50.8. The van der Waals surface area contributed by atoms with E-state index in [0.29, 0.717) is 37.2 Å². The van der Waals surface area contributed by atoms with Crippen LogP contribution in [0.25, 0.3) is 0 Å². The summed E-state index contributed by atoms with van der Waals surface area (Å²) in [6, 6.07) is 0. The van der Waals surface area contributed by atoms with Crippen LogP contribution in [0.3, 0.4) is 0 Å². The largest absolute Gasteiger partial charge is 0.393 e. The second kappa shape index (κ2) is 41.0. The Morgan fingerprint density at radius 3 is 1.41 bits per heavy atom. The van der Waals surface area contributed by atoms with Gasteiger partial charge in [0.1, 0.15) is 54.9 Å². The summed E-state index contributed by atoms with van der Waals surface area (Å²) in [5.41, 5.74) is 0.547. The predicted octanol–water partition coefficient (Wildman–Crippen LogP) is -1.04. The number of aliphatic hydroxyl groups is 21. The van der Waals surface area contributed by atoms with Gasteiger partial charge in [-0.3, -0.25) is 0 Å². The van der Waals surface area contributed by atoms with Gasteiger partial charge in [-0.05, 0) is 115 Å². The summed E-state index contributed by atoms with van der Waals surface area (Å²) in [4.78, 5) is 0. The molecule has 3 aliphatic heterocycles. The topological polar surface area (TPSA) is 453 Å². The van der Waals surface area contributed by atoms with Crippen molar-refractivity contribution in [2.75, 3.05) is 0 Å². The van der Waals surface area contributed by atoms with E-state index < -0.39 is 172 Å². The molecule has 3 heterocycles. The molecule has 24 heteroatoms. The van der Waals surface area contributed by atoms with Gasteiger partial charge in [-0.1, -0.05) is 82.8 Å². The van der Waals surface area contributed by atoms with E-state index in [0.717, 1.165) is 51.4 Å². The Labute approximate surface area is 508 Å². The van der Waals surface area contributed by atoms with E-state index in [9.17, 15) is 107 Å².